The van der Waals surface area contributed by atoms with Crippen LogP contribution >= 0.6 is 0 Å². The number of rotatable bonds is 9. The van der Waals surface area contributed by atoms with E-state index in [1.165, 1.54) is 0 Å². The molecule has 0 fully saturated rings. The number of benzene rings is 4. The standard InChI is InChI=1S/C34H31NO5/c1-4-38-33(36)31-30-26(22-35(2)3)27(20-21-28(30)39-32(31)25-18-12-7-13-19-25)40-34(37)29(23-14-8-5-9-15-23)24-16-10-6-11-17-24/h5-21,29H,4,22H2,1-3H3. The number of ether oxygens (including phenoxy) is 2. The van der Waals surface area contributed by atoms with Crippen LogP contribution in [0, 0.1) is 0 Å². The van der Waals surface area contributed by atoms with Crippen molar-refractivity contribution in [3.05, 3.63) is 125 Å². The highest BCUT2D eigenvalue weighted by molar-refractivity contribution is 6.10. The highest BCUT2D eigenvalue weighted by atomic mass is 16.5. The van der Waals surface area contributed by atoms with Crippen LogP contribution in [-0.4, -0.2) is 37.5 Å². The minimum Gasteiger partial charge on any atom is -0.462 e. The molecular weight excluding hydrogens is 502 g/mol. The highest BCUT2D eigenvalue weighted by Crippen LogP contribution is 2.40. The van der Waals surface area contributed by atoms with Gasteiger partial charge in [-0.25, -0.2) is 4.79 Å². The first-order chi connectivity index (χ1) is 19.5. The van der Waals surface area contributed by atoms with Gasteiger partial charge in [-0.3, -0.25) is 4.79 Å². The van der Waals surface area contributed by atoms with Gasteiger partial charge >= 0.3 is 11.9 Å². The van der Waals surface area contributed by atoms with Crippen LogP contribution < -0.4 is 4.74 Å². The molecule has 0 aliphatic heterocycles. The number of hydrogen-bond acceptors (Lipinski definition) is 6. The van der Waals surface area contributed by atoms with Gasteiger partial charge < -0.3 is 18.8 Å². The molecule has 0 bridgehead atoms. The van der Waals surface area contributed by atoms with E-state index in [0.717, 1.165) is 16.7 Å². The molecule has 0 unspecified atom stereocenters. The number of nitrogens with zero attached hydrogens (tertiary/aromatic N) is 1. The van der Waals surface area contributed by atoms with Gasteiger partial charge in [-0.2, -0.15) is 0 Å². The summed E-state index contributed by atoms with van der Waals surface area (Å²) in [6.07, 6.45) is 0. The van der Waals surface area contributed by atoms with Crippen molar-refractivity contribution in [3.63, 3.8) is 0 Å². The van der Waals surface area contributed by atoms with Crippen molar-refractivity contribution in [2.24, 2.45) is 0 Å². The predicted octanol–water partition coefficient (Wildman–Crippen LogP) is 7.08. The van der Waals surface area contributed by atoms with Gasteiger partial charge in [-0.05, 0) is 44.3 Å². The van der Waals surface area contributed by atoms with Gasteiger partial charge in [0.05, 0.1) is 6.61 Å². The number of carbonyl (C=O) groups is 2. The number of furan rings is 1. The molecule has 202 valence electrons. The molecule has 5 rings (SSSR count). The van der Waals surface area contributed by atoms with Gasteiger partial charge in [0.25, 0.3) is 0 Å². The van der Waals surface area contributed by atoms with Crippen molar-refractivity contribution in [2.45, 2.75) is 19.4 Å². The summed E-state index contributed by atoms with van der Waals surface area (Å²) in [5, 5.41) is 0.576. The molecule has 0 aliphatic rings. The normalized spacial score (nSPS) is 11.2. The maximum atomic E-state index is 13.9. The number of fused-ring (bicyclic) bond motifs is 1. The van der Waals surface area contributed by atoms with E-state index >= 15 is 0 Å². The fourth-order valence-electron chi connectivity index (χ4n) is 4.92. The topological polar surface area (TPSA) is 69.0 Å². The molecule has 0 amide bonds. The summed E-state index contributed by atoms with van der Waals surface area (Å²) in [4.78, 5) is 29.2. The third kappa shape index (κ3) is 5.53. The molecule has 0 aliphatic carbocycles. The van der Waals surface area contributed by atoms with Gasteiger partial charge in [0.1, 0.15) is 28.6 Å². The van der Waals surface area contributed by atoms with E-state index < -0.39 is 17.9 Å². The van der Waals surface area contributed by atoms with Gasteiger partial charge in [-0.1, -0.05) is 91.0 Å². The fraction of sp³-hybridized carbons (Fsp3) is 0.176. The molecule has 6 nitrogen and oxygen atoms in total. The van der Waals surface area contributed by atoms with Crippen molar-refractivity contribution in [1.82, 2.24) is 4.90 Å². The van der Waals surface area contributed by atoms with Crippen molar-refractivity contribution in [2.75, 3.05) is 20.7 Å². The summed E-state index contributed by atoms with van der Waals surface area (Å²) in [5.74, 6) is -0.742. The van der Waals surface area contributed by atoms with Gasteiger partial charge in [-0.15, -0.1) is 0 Å². The zero-order valence-corrected chi connectivity index (χ0v) is 22.8. The predicted molar refractivity (Wildman–Crippen MR) is 155 cm³/mol. The summed E-state index contributed by atoms with van der Waals surface area (Å²) in [5.41, 5.74) is 3.92. The maximum absolute atomic E-state index is 13.9. The Labute approximate surface area is 233 Å². The van der Waals surface area contributed by atoms with E-state index in [4.69, 9.17) is 13.9 Å². The van der Waals surface area contributed by atoms with E-state index in [1.807, 2.05) is 110 Å². The number of carbonyl (C=O) groups excluding carboxylic acids is 2. The zero-order valence-electron chi connectivity index (χ0n) is 22.8. The smallest absolute Gasteiger partial charge is 0.342 e. The number of esters is 2. The molecule has 5 aromatic rings. The lowest BCUT2D eigenvalue weighted by Crippen LogP contribution is -2.21. The SMILES string of the molecule is CCOC(=O)c1c(-c2ccccc2)oc2ccc(OC(=O)C(c3ccccc3)c3ccccc3)c(CN(C)C)c12. The first-order valence-electron chi connectivity index (χ1n) is 13.2. The van der Waals surface area contributed by atoms with Crippen LogP contribution in [0.4, 0.5) is 0 Å². The second-order valence-corrected chi connectivity index (χ2v) is 9.72. The average Bonchev–Trinajstić information content (AvgIpc) is 3.36. The molecule has 4 aromatic carbocycles. The van der Waals surface area contributed by atoms with Crippen LogP contribution in [0.2, 0.25) is 0 Å². The van der Waals surface area contributed by atoms with E-state index in [0.29, 0.717) is 40.2 Å². The van der Waals surface area contributed by atoms with Crippen LogP contribution in [0.5, 0.6) is 5.75 Å². The minimum absolute atomic E-state index is 0.216. The lowest BCUT2D eigenvalue weighted by atomic mass is 9.91. The van der Waals surface area contributed by atoms with E-state index in [1.54, 1.807) is 19.1 Å². The van der Waals surface area contributed by atoms with Crippen LogP contribution in [0.3, 0.4) is 0 Å². The molecule has 1 heterocycles. The minimum atomic E-state index is -0.626. The summed E-state index contributed by atoms with van der Waals surface area (Å²) in [6.45, 7) is 2.39. The zero-order chi connectivity index (χ0) is 28.1. The Morgan fingerprint density at radius 2 is 1.38 bits per heavy atom. The van der Waals surface area contributed by atoms with Crippen molar-refractivity contribution >= 4 is 22.9 Å². The van der Waals surface area contributed by atoms with Gasteiger partial charge in [0.15, 0.2) is 0 Å². The third-order valence-corrected chi connectivity index (χ3v) is 6.62. The largest absolute Gasteiger partial charge is 0.462 e. The molecule has 6 heteroatoms. The Kier molecular flexibility index (Phi) is 8.08. The van der Waals surface area contributed by atoms with Crippen LogP contribution in [0.25, 0.3) is 22.3 Å². The molecule has 40 heavy (non-hydrogen) atoms. The molecule has 0 atom stereocenters. The Morgan fingerprint density at radius 1 is 0.800 bits per heavy atom. The number of hydrogen-bond donors (Lipinski definition) is 0. The lowest BCUT2D eigenvalue weighted by molar-refractivity contribution is -0.135. The average molecular weight is 534 g/mol. The van der Waals surface area contributed by atoms with E-state index in [2.05, 4.69) is 0 Å². The Hall–Kier alpha value is -4.68. The molecule has 0 N–H and O–H groups in total. The molecule has 0 saturated carbocycles. The molecule has 1 aromatic heterocycles. The van der Waals surface area contributed by atoms with Gasteiger partial charge in [0.2, 0.25) is 0 Å². The van der Waals surface area contributed by atoms with E-state index in [9.17, 15) is 9.59 Å². The first kappa shape index (κ1) is 26.9. The summed E-state index contributed by atoms with van der Waals surface area (Å²) in [7, 11) is 3.84. The van der Waals surface area contributed by atoms with Crippen LogP contribution in [-0.2, 0) is 16.1 Å². The molecule has 0 radical (unpaired) electrons. The summed E-state index contributed by atoms with van der Waals surface area (Å²) in [6, 6.07) is 32.1. The fourth-order valence-corrected chi connectivity index (χ4v) is 4.92. The van der Waals surface area contributed by atoms with E-state index in [-0.39, 0.29) is 6.61 Å². The Bertz CT molecular complexity index is 1570. The quantitative estimate of drug-likeness (QED) is 0.149. The summed E-state index contributed by atoms with van der Waals surface area (Å²) >= 11 is 0. The molecule has 0 spiro atoms. The monoisotopic (exact) mass is 533 g/mol. The Balaban J connectivity index is 1.66. The van der Waals surface area contributed by atoms with Crippen LogP contribution in [0.1, 0.15) is 39.9 Å². The summed E-state index contributed by atoms with van der Waals surface area (Å²) < 4.78 is 17.9. The van der Waals surface area contributed by atoms with Crippen molar-refractivity contribution in [3.8, 4) is 17.1 Å². The molecule has 0 saturated heterocycles. The van der Waals surface area contributed by atoms with Gasteiger partial charge in [0, 0.05) is 23.1 Å². The van der Waals surface area contributed by atoms with Crippen LogP contribution in [0.15, 0.2) is 108 Å². The van der Waals surface area contributed by atoms with Crippen molar-refractivity contribution in [1.29, 1.82) is 0 Å². The molecular formula is C34H31NO5. The first-order valence-corrected chi connectivity index (χ1v) is 13.2. The second kappa shape index (κ2) is 12.0. The lowest BCUT2D eigenvalue weighted by Gasteiger charge is -2.20. The Morgan fingerprint density at radius 3 is 1.93 bits per heavy atom. The maximum Gasteiger partial charge on any atom is 0.342 e. The highest BCUT2D eigenvalue weighted by Gasteiger charge is 2.30. The third-order valence-electron chi connectivity index (χ3n) is 6.62. The second-order valence-electron chi connectivity index (χ2n) is 9.72. The van der Waals surface area contributed by atoms with Crippen molar-refractivity contribution < 1.29 is 23.5 Å².